The predicted molar refractivity (Wildman–Crippen MR) is 125 cm³/mol. The topological polar surface area (TPSA) is 77.3 Å². The Morgan fingerprint density at radius 1 is 1.00 bits per heavy atom. The molecule has 1 aliphatic rings. The lowest BCUT2D eigenvalue weighted by atomic mass is 9.89. The minimum absolute atomic E-state index is 0.202. The molecule has 7 heteroatoms. The van der Waals surface area contributed by atoms with Gasteiger partial charge < -0.3 is 9.30 Å². The molecular formula is C26H24N4O3. The van der Waals surface area contributed by atoms with Crippen molar-refractivity contribution in [2.75, 3.05) is 18.1 Å². The molecule has 1 amide bonds. The van der Waals surface area contributed by atoms with Crippen LogP contribution in [0.1, 0.15) is 24.1 Å². The highest BCUT2D eigenvalue weighted by Gasteiger charge is 2.47. The number of hydrogen-bond acceptors (Lipinski definition) is 5. The number of hydrogen-bond donors (Lipinski definition) is 0. The predicted octanol–water partition coefficient (Wildman–Crippen LogP) is 3.79. The number of anilines is 1. The normalized spacial score (nSPS) is 17.7. The van der Waals surface area contributed by atoms with E-state index in [9.17, 15) is 9.59 Å². The summed E-state index contributed by atoms with van der Waals surface area (Å²) in [6.07, 6.45) is 3.98. The lowest BCUT2D eigenvalue weighted by Crippen LogP contribution is -2.50. The Balaban J connectivity index is 1.67. The highest BCUT2D eigenvalue weighted by molar-refractivity contribution is 6.08. The smallest absolute Gasteiger partial charge is 0.321 e. The zero-order valence-electron chi connectivity index (χ0n) is 18.3. The van der Waals surface area contributed by atoms with Crippen molar-refractivity contribution in [3.05, 3.63) is 90.3 Å². The molecule has 2 aromatic carbocycles. The number of nitrogens with zero attached hydrogens (tertiary/aromatic N) is 4. The summed E-state index contributed by atoms with van der Waals surface area (Å²) in [5.74, 6) is -1.31. The van der Waals surface area contributed by atoms with E-state index in [1.165, 1.54) is 0 Å². The first kappa shape index (κ1) is 20.9. The van der Waals surface area contributed by atoms with Crippen molar-refractivity contribution in [1.29, 1.82) is 0 Å². The van der Waals surface area contributed by atoms with Crippen molar-refractivity contribution in [3.8, 4) is 0 Å². The van der Waals surface area contributed by atoms with Gasteiger partial charge >= 0.3 is 5.97 Å². The third-order valence-electron chi connectivity index (χ3n) is 6.00. The van der Waals surface area contributed by atoms with Crippen molar-refractivity contribution in [2.24, 2.45) is 5.92 Å². The van der Waals surface area contributed by atoms with E-state index in [2.05, 4.69) is 4.98 Å². The third-order valence-corrected chi connectivity index (χ3v) is 6.00. The van der Waals surface area contributed by atoms with Crippen molar-refractivity contribution in [2.45, 2.75) is 19.4 Å². The molecule has 4 aromatic rings. The molecule has 7 nitrogen and oxygen atoms in total. The summed E-state index contributed by atoms with van der Waals surface area (Å²) in [6.45, 7) is 2.36. The number of esters is 1. The molecule has 2 atom stereocenters. The van der Waals surface area contributed by atoms with Gasteiger partial charge in [0.25, 0.3) is 0 Å². The number of fused-ring (bicyclic) bond motifs is 3. The number of carbonyl (C=O) groups excluding carboxylic acids is 2. The second-order valence-electron chi connectivity index (χ2n) is 7.95. The van der Waals surface area contributed by atoms with Gasteiger partial charge in [0.05, 0.1) is 23.7 Å². The number of carbonyl (C=O) groups is 2. The first-order valence-electron chi connectivity index (χ1n) is 11.1. The Morgan fingerprint density at radius 3 is 2.48 bits per heavy atom. The number of para-hydroxylation sites is 2. The Hall–Kier alpha value is -4.00. The van der Waals surface area contributed by atoms with E-state index in [1.54, 1.807) is 24.2 Å². The van der Waals surface area contributed by atoms with Crippen LogP contribution in [0, 0.1) is 5.92 Å². The van der Waals surface area contributed by atoms with Gasteiger partial charge in [0.15, 0.2) is 5.92 Å². The molecule has 0 unspecified atom stereocenters. The Morgan fingerprint density at radius 2 is 1.73 bits per heavy atom. The quantitative estimate of drug-likeness (QED) is 0.337. The van der Waals surface area contributed by atoms with Gasteiger partial charge in [-0.3, -0.25) is 19.5 Å². The second-order valence-corrected chi connectivity index (χ2v) is 7.95. The Bertz CT molecular complexity index is 1290. The van der Waals surface area contributed by atoms with E-state index < -0.39 is 17.9 Å². The van der Waals surface area contributed by atoms with Crippen molar-refractivity contribution in [3.63, 3.8) is 0 Å². The van der Waals surface area contributed by atoms with Crippen LogP contribution in [0.15, 0.2) is 79.1 Å². The van der Waals surface area contributed by atoms with E-state index in [1.807, 2.05) is 71.3 Å². The van der Waals surface area contributed by atoms with Crippen molar-refractivity contribution >= 4 is 28.9 Å². The monoisotopic (exact) mass is 440 g/mol. The van der Waals surface area contributed by atoms with Crippen LogP contribution in [0.3, 0.4) is 0 Å². The summed E-state index contributed by atoms with van der Waals surface area (Å²) >= 11 is 0. The third kappa shape index (κ3) is 3.75. The van der Waals surface area contributed by atoms with Gasteiger partial charge in [-0.1, -0.05) is 42.5 Å². The zero-order valence-corrected chi connectivity index (χ0v) is 18.3. The van der Waals surface area contributed by atoms with E-state index >= 15 is 0 Å². The van der Waals surface area contributed by atoms with Gasteiger partial charge in [-0.2, -0.15) is 0 Å². The molecule has 33 heavy (non-hydrogen) atoms. The number of rotatable bonds is 6. The van der Waals surface area contributed by atoms with E-state index in [0.717, 1.165) is 22.2 Å². The van der Waals surface area contributed by atoms with Crippen LogP contribution in [0.4, 0.5) is 5.95 Å². The van der Waals surface area contributed by atoms with E-state index in [0.29, 0.717) is 18.9 Å². The number of benzene rings is 2. The summed E-state index contributed by atoms with van der Waals surface area (Å²) in [7, 11) is 0. The minimum Gasteiger partial charge on any atom is -0.465 e. The first-order valence-corrected chi connectivity index (χ1v) is 11.1. The number of ether oxygens (including phenoxy) is 1. The number of aromatic nitrogens is 3. The molecule has 0 aliphatic carbocycles. The fourth-order valence-electron chi connectivity index (χ4n) is 4.51. The molecule has 0 saturated carbocycles. The largest absolute Gasteiger partial charge is 0.465 e. The average Bonchev–Trinajstić information content (AvgIpc) is 3.23. The maximum atomic E-state index is 13.8. The summed E-state index contributed by atoms with van der Waals surface area (Å²) in [5, 5.41) is 0. The summed E-state index contributed by atoms with van der Waals surface area (Å²) in [6, 6.07) is 20.8. The fourth-order valence-corrected chi connectivity index (χ4v) is 4.51. The standard InChI is InChI=1S/C26H24N4O3/c1-2-33-25(32)22-23(19-12-15-27-16-13-19)30-21-11-7-6-10-20(21)28-26(30)29(24(22)31)17-14-18-8-4-3-5-9-18/h3-13,15-16,22-23H,2,14,17H2,1H3/t22-,23+/m1/s1. The molecule has 5 rings (SSSR count). The molecule has 0 fully saturated rings. The molecular weight excluding hydrogens is 416 g/mol. The molecule has 1 aliphatic heterocycles. The summed E-state index contributed by atoms with van der Waals surface area (Å²) < 4.78 is 7.38. The molecule has 0 bridgehead atoms. The van der Waals surface area contributed by atoms with E-state index in [-0.39, 0.29) is 12.5 Å². The molecule has 0 radical (unpaired) electrons. The number of amides is 1. The molecule has 0 N–H and O–H groups in total. The highest BCUT2D eigenvalue weighted by atomic mass is 16.5. The highest BCUT2D eigenvalue weighted by Crippen LogP contribution is 2.41. The minimum atomic E-state index is -1.02. The maximum Gasteiger partial charge on any atom is 0.321 e. The SMILES string of the molecule is CCOC(=O)[C@H]1C(=O)N(CCc2ccccc2)c2nc3ccccc3n2[C@H]1c1ccncc1. The van der Waals surface area contributed by atoms with Crippen LogP contribution >= 0.6 is 0 Å². The van der Waals surface area contributed by atoms with Gasteiger partial charge in [-0.15, -0.1) is 0 Å². The van der Waals surface area contributed by atoms with Gasteiger partial charge in [0.1, 0.15) is 0 Å². The maximum absolute atomic E-state index is 13.8. The Labute approximate surface area is 191 Å². The van der Waals surface area contributed by atoms with Crippen LogP contribution in [-0.2, 0) is 20.7 Å². The summed E-state index contributed by atoms with van der Waals surface area (Å²) in [4.78, 5) is 37.6. The lowest BCUT2D eigenvalue weighted by molar-refractivity contribution is -0.153. The number of pyridine rings is 1. The molecule has 3 heterocycles. The molecule has 0 spiro atoms. The first-order chi connectivity index (χ1) is 16.2. The van der Waals surface area contributed by atoms with Crippen molar-refractivity contribution in [1.82, 2.24) is 14.5 Å². The fraction of sp³-hybridized carbons (Fsp3) is 0.231. The van der Waals surface area contributed by atoms with E-state index in [4.69, 9.17) is 9.72 Å². The van der Waals surface area contributed by atoms with Crippen LogP contribution in [-0.4, -0.2) is 39.6 Å². The molecule has 2 aromatic heterocycles. The average molecular weight is 441 g/mol. The van der Waals surface area contributed by atoms with Crippen molar-refractivity contribution < 1.29 is 14.3 Å². The van der Waals surface area contributed by atoms with Crippen LogP contribution in [0.5, 0.6) is 0 Å². The van der Waals surface area contributed by atoms with Crippen LogP contribution < -0.4 is 4.90 Å². The van der Waals surface area contributed by atoms with Gasteiger partial charge in [-0.05, 0) is 48.7 Å². The zero-order chi connectivity index (χ0) is 22.8. The van der Waals surface area contributed by atoms with Gasteiger partial charge in [-0.25, -0.2) is 4.98 Å². The molecule has 0 saturated heterocycles. The second kappa shape index (κ2) is 8.86. The lowest BCUT2D eigenvalue weighted by Gasteiger charge is -2.38. The van der Waals surface area contributed by atoms with Crippen LogP contribution in [0.25, 0.3) is 11.0 Å². The Kier molecular flexibility index (Phi) is 5.60. The summed E-state index contributed by atoms with van der Waals surface area (Å²) in [5.41, 5.74) is 3.55. The van der Waals surface area contributed by atoms with Gasteiger partial charge in [0.2, 0.25) is 11.9 Å². The van der Waals surface area contributed by atoms with Crippen LogP contribution in [0.2, 0.25) is 0 Å². The molecule has 166 valence electrons. The number of imidazole rings is 1. The van der Waals surface area contributed by atoms with Gasteiger partial charge in [0, 0.05) is 18.9 Å².